The van der Waals surface area contributed by atoms with E-state index in [1.165, 1.54) is 0 Å². The molecule has 2 heterocycles. The molecular weight excluding hydrogens is 200 g/mol. The first-order chi connectivity index (χ1) is 7.49. The molecule has 1 saturated heterocycles. The van der Waals surface area contributed by atoms with Gasteiger partial charge < -0.3 is 10.6 Å². The maximum atomic E-state index is 5.76. The second-order valence-electron chi connectivity index (χ2n) is 5.13. The van der Waals surface area contributed by atoms with Crippen molar-refractivity contribution in [3.05, 3.63) is 18.5 Å². The molecule has 4 heteroatoms. The van der Waals surface area contributed by atoms with Gasteiger partial charge in [0.25, 0.3) is 0 Å². The Balaban J connectivity index is 2.18. The van der Waals surface area contributed by atoms with E-state index in [0.29, 0.717) is 0 Å². The Kier molecular flexibility index (Phi) is 2.76. The standard InChI is InChI=1S/C12H20N4/c1-12(2)9-16(5-4-15(12)3)11-6-10(13)7-14-8-11/h6-8H,4-5,9,13H2,1-3H3. The van der Waals surface area contributed by atoms with Crippen molar-refractivity contribution >= 4 is 11.4 Å². The lowest BCUT2D eigenvalue weighted by atomic mass is 9.99. The molecule has 1 aliphatic rings. The van der Waals surface area contributed by atoms with Crippen molar-refractivity contribution in [3.8, 4) is 0 Å². The SMILES string of the molecule is CN1CCN(c2cncc(N)c2)CC1(C)C. The number of nitrogens with two attached hydrogens (primary N) is 1. The van der Waals surface area contributed by atoms with Crippen molar-refractivity contribution < 1.29 is 0 Å². The normalized spacial score (nSPS) is 21.1. The van der Waals surface area contributed by atoms with Gasteiger partial charge in [0.1, 0.15) is 0 Å². The Morgan fingerprint density at radius 2 is 2.06 bits per heavy atom. The number of pyridine rings is 1. The second kappa shape index (κ2) is 3.94. The zero-order valence-electron chi connectivity index (χ0n) is 10.3. The van der Waals surface area contributed by atoms with Crippen LogP contribution in [0.15, 0.2) is 18.5 Å². The molecule has 1 aliphatic heterocycles. The van der Waals surface area contributed by atoms with Crippen LogP contribution in [0.4, 0.5) is 11.4 Å². The zero-order chi connectivity index (χ0) is 11.8. The summed E-state index contributed by atoms with van der Waals surface area (Å²) < 4.78 is 0. The predicted molar refractivity (Wildman–Crippen MR) is 67.6 cm³/mol. The molecule has 0 unspecified atom stereocenters. The van der Waals surface area contributed by atoms with Crippen molar-refractivity contribution in [1.29, 1.82) is 0 Å². The zero-order valence-corrected chi connectivity index (χ0v) is 10.3. The molecule has 88 valence electrons. The smallest absolute Gasteiger partial charge is 0.0574 e. The van der Waals surface area contributed by atoms with Crippen LogP contribution in [-0.2, 0) is 0 Å². The van der Waals surface area contributed by atoms with Crippen molar-refractivity contribution in [2.24, 2.45) is 0 Å². The lowest BCUT2D eigenvalue weighted by molar-refractivity contribution is 0.139. The quantitative estimate of drug-likeness (QED) is 0.772. The number of likely N-dealkylation sites (N-methyl/N-ethyl adjacent to an activating group) is 1. The minimum atomic E-state index is 0.197. The van der Waals surface area contributed by atoms with E-state index in [-0.39, 0.29) is 5.54 Å². The molecule has 0 radical (unpaired) electrons. The molecule has 1 fully saturated rings. The summed E-state index contributed by atoms with van der Waals surface area (Å²) in [5.41, 5.74) is 7.81. The van der Waals surface area contributed by atoms with E-state index in [9.17, 15) is 0 Å². The topological polar surface area (TPSA) is 45.4 Å². The molecule has 0 amide bonds. The van der Waals surface area contributed by atoms with Crippen LogP contribution in [0.5, 0.6) is 0 Å². The number of hydrogen-bond acceptors (Lipinski definition) is 4. The molecule has 0 saturated carbocycles. The average Bonchev–Trinajstić information content (AvgIpc) is 2.22. The third kappa shape index (κ3) is 2.11. The van der Waals surface area contributed by atoms with Crippen LogP contribution in [0.1, 0.15) is 13.8 Å². The van der Waals surface area contributed by atoms with Crippen molar-refractivity contribution in [2.75, 3.05) is 37.3 Å². The minimum Gasteiger partial charge on any atom is -0.397 e. The number of anilines is 2. The molecule has 0 bridgehead atoms. The highest BCUT2D eigenvalue weighted by Crippen LogP contribution is 2.24. The third-order valence-corrected chi connectivity index (χ3v) is 3.43. The number of nitrogen functional groups attached to an aromatic ring is 1. The molecule has 0 atom stereocenters. The van der Waals surface area contributed by atoms with E-state index >= 15 is 0 Å². The van der Waals surface area contributed by atoms with E-state index in [1.807, 2.05) is 12.3 Å². The second-order valence-corrected chi connectivity index (χ2v) is 5.13. The molecule has 1 aromatic heterocycles. The van der Waals surface area contributed by atoms with Crippen LogP contribution in [-0.4, -0.2) is 42.1 Å². The summed E-state index contributed by atoms with van der Waals surface area (Å²) in [4.78, 5) is 8.89. The van der Waals surface area contributed by atoms with Crippen LogP contribution < -0.4 is 10.6 Å². The van der Waals surface area contributed by atoms with E-state index in [1.54, 1.807) is 6.20 Å². The largest absolute Gasteiger partial charge is 0.397 e. The Labute approximate surface area is 97.1 Å². The first-order valence-corrected chi connectivity index (χ1v) is 5.66. The Morgan fingerprint density at radius 3 is 2.69 bits per heavy atom. The summed E-state index contributed by atoms with van der Waals surface area (Å²) in [6, 6.07) is 1.99. The molecule has 0 aliphatic carbocycles. The van der Waals surface area contributed by atoms with Gasteiger partial charge in [-0.1, -0.05) is 0 Å². The fraction of sp³-hybridized carbons (Fsp3) is 0.583. The van der Waals surface area contributed by atoms with Gasteiger partial charge in [-0.3, -0.25) is 9.88 Å². The van der Waals surface area contributed by atoms with Gasteiger partial charge in [0.15, 0.2) is 0 Å². The molecule has 2 N–H and O–H groups in total. The maximum absolute atomic E-state index is 5.76. The number of aromatic nitrogens is 1. The van der Waals surface area contributed by atoms with Crippen LogP contribution in [0.25, 0.3) is 0 Å². The highest BCUT2D eigenvalue weighted by Gasteiger charge is 2.31. The lowest BCUT2D eigenvalue weighted by Crippen LogP contribution is -2.57. The van der Waals surface area contributed by atoms with Gasteiger partial charge in [-0.15, -0.1) is 0 Å². The van der Waals surface area contributed by atoms with Crippen molar-refractivity contribution in [1.82, 2.24) is 9.88 Å². The first kappa shape index (κ1) is 11.2. The summed E-state index contributed by atoms with van der Waals surface area (Å²) >= 11 is 0. The van der Waals surface area contributed by atoms with E-state index in [4.69, 9.17) is 5.73 Å². The first-order valence-electron chi connectivity index (χ1n) is 5.66. The van der Waals surface area contributed by atoms with Gasteiger partial charge in [-0.05, 0) is 27.0 Å². The molecule has 16 heavy (non-hydrogen) atoms. The highest BCUT2D eigenvalue weighted by atomic mass is 15.3. The molecule has 1 aromatic rings. The van der Waals surface area contributed by atoms with Crippen LogP contribution in [0, 0.1) is 0 Å². The average molecular weight is 220 g/mol. The van der Waals surface area contributed by atoms with Gasteiger partial charge >= 0.3 is 0 Å². The minimum absolute atomic E-state index is 0.197. The maximum Gasteiger partial charge on any atom is 0.0574 e. The van der Waals surface area contributed by atoms with Gasteiger partial charge in [0.05, 0.1) is 17.6 Å². The Bertz CT molecular complexity index is 375. The number of hydrogen-bond donors (Lipinski definition) is 1. The molecule has 4 nitrogen and oxygen atoms in total. The fourth-order valence-electron chi connectivity index (χ4n) is 2.08. The molecule has 0 aromatic carbocycles. The van der Waals surface area contributed by atoms with Gasteiger partial charge in [-0.2, -0.15) is 0 Å². The van der Waals surface area contributed by atoms with Crippen LogP contribution in [0.2, 0.25) is 0 Å². The van der Waals surface area contributed by atoms with Crippen LogP contribution in [0.3, 0.4) is 0 Å². The lowest BCUT2D eigenvalue weighted by Gasteiger charge is -2.46. The molecule has 2 rings (SSSR count). The summed E-state index contributed by atoms with van der Waals surface area (Å²) in [5, 5.41) is 0. The van der Waals surface area contributed by atoms with E-state index in [0.717, 1.165) is 31.0 Å². The Morgan fingerprint density at radius 1 is 1.31 bits per heavy atom. The molecule has 0 spiro atoms. The fourth-order valence-corrected chi connectivity index (χ4v) is 2.08. The number of piperazine rings is 1. The number of rotatable bonds is 1. The Hall–Kier alpha value is -1.29. The van der Waals surface area contributed by atoms with Crippen LogP contribution >= 0.6 is 0 Å². The van der Waals surface area contributed by atoms with Gasteiger partial charge in [0, 0.05) is 31.4 Å². The van der Waals surface area contributed by atoms with Gasteiger partial charge in [0.2, 0.25) is 0 Å². The van der Waals surface area contributed by atoms with Gasteiger partial charge in [-0.25, -0.2) is 0 Å². The summed E-state index contributed by atoms with van der Waals surface area (Å²) in [6.07, 6.45) is 3.57. The summed E-state index contributed by atoms with van der Waals surface area (Å²) in [7, 11) is 2.18. The third-order valence-electron chi connectivity index (χ3n) is 3.43. The monoisotopic (exact) mass is 220 g/mol. The molecular formula is C12H20N4. The van der Waals surface area contributed by atoms with Crippen molar-refractivity contribution in [3.63, 3.8) is 0 Å². The summed E-state index contributed by atoms with van der Waals surface area (Å²) in [5.74, 6) is 0. The summed E-state index contributed by atoms with van der Waals surface area (Å²) in [6.45, 7) is 7.64. The predicted octanol–water partition coefficient (Wildman–Crippen LogP) is 1.19. The highest BCUT2D eigenvalue weighted by molar-refractivity contribution is 5.53. The van der Waals surface area contributed by atoms with E-state index in [2.05, 4.69) is 35.7 Å². The van der Waals surface area contributed by atoms with Crippen molar-refractivity contribution in [2.45, 2.75) is 19.4 Å². The number of nitrogens with zero attached hydrogens (tertiary/aromatic N) is 3. The van der Waals surface area contributed by atoms with E-state index < -0.39 is 0 Å².